The van der Waals surface area contributed by atoms with Crippen LogP contribution in [0.2, 0.25) is 0 Å². The highest BCUT2D eigenvalue weighted by Gasteiger charge is 2.76. The van der Waals surface area contributed by atoms with Gasteiger partial charge in [-0.25, -0.2) is 4.79 Å². The zero-order valence-corrected chi connectivity index (χ0v) is 15.2. The van der Waals surface area contributed by atoms with Gasteiger partial charge in [0.05, 0.1) is 24.0 Å². The average Bonchev–Trinajstić information content (AvgIpc) is 3.15. The molecule has 3 fully saturated rings. The molecule has 2 aliphatic carbocycles. The standard InChI is InChI=1S/C20H28O5/c1-12-10-16-19(3)14(4-5-15(21)20(19,23)17(22)25-16)18(12,2)8-6-13-7-9-24-11-13/h7,9,11-12,14-16,21,23H,4-6,8,10H2,1-3H3/t12-,14-,15-,16-,18+,19-,20-/m0/s1. The van der Waals surface area contributed by atoms with Crippen molar-refractivity contribution in [2.75, 3.05) is 0 Å². The zero-order valence-electron chi connectivity index (χ0n) is 15.2. The summed E-state index contributed by atoms with van der Waals surface area (Å²) < 4.78 is 10.8. The molecule has 1 aliphatic heterocycles. The number of esters is 1. The minimum atomic E-state index is -1.78. The highest BCUT2D eigenvalue weighted by atomic mass is 16.6. The summed E-state index contributed by atoms with van der Waals surface area (Å²) in [7, 11) is 0. The van der Waals surface area contributed by atoms with Crippen molar-refractivity contribution < 1.29 is 24.2 Å². The van der Waals surface area contributed by atoms with Crippen LogP contribution in [0.3, 0.4) is 0 Å². The molecule has 1 saturated heterocycles. The van der Waals surface area contributed by atoms with Crippen molar-refractivity contribution in [1.29, 1.82) is 0 Å². The van der Waals surface area contributed by atoms with E-state index in [9.17, 15) is 15.0 Å². The minimum Gasteiger partial charge on any atom is -0.472 e. The van der Waals surface area contributed by atoms with Crippen LogP contribution in [0.5, 0.6) is 0 Å². The van der Waals surface area contributed by atoms with Gasteiger partial charge in [-0.2, -0.15) is 0 Å². The molecule has 7 atom stereocenters. The van der Waals surface area contributed by atoms with E-state index in [1.807, 2.05) is 13.0 Å². The molecule has 2 saturated carbocycles. The largest absolute Gasteiger partial charge is 0.472 e. The molecule has 0 aromatic carbocycles. The van der Waals surface area contributed by atoms with Crippen LogP contribution in [0, 0.1) is 22.7 Å². The third kappa shape index (κ3) is 2.00. The molecule has 0 unspecified atom stereocenters. The lowest BCUT2D eigenvalue weighted by molar-refractivity contribution is -0.225. The fraction of sp³-hybridized carbons (Fsp3) is 0.750. The Morgan fingerprint density at radius 2 is 2.08 bits per heavy atom. The molecular weight excluding hydrogens is 320 g/mol. The fourth-order valence-corrected chi connectivity index (χ4v) is 6.14. The van der Waals surface area contributed by atoms with E-state index in [4.69, 9.17) is 9.15 Å². The van der Waals surface area contributed by atoms with Gasteiger partial charge in [0.1, 0.15) is 6.10 Å². The quantitative estimate of drug-likeness (QED) is 0.821. The maximum atomic E-state index is 12.5. The van der Waals surface area contributed by atoms with E-state index >= 15 is 0 Å². The first-order chi connectivity index (χ1) is 11.7. The number of aliphatic hydroxyl groups excluding tert-OH is 1. The van der Waals surface area contributed by atoms with Gasteiger partial charge in [-0.3, -0.25) is 0 Å². The lowest BCUT2D eigenvalue weighted by Gasteiger charge is -2.61. The smallest absolute Gasteiger partial charge is 0.341 e. The molecule has 2 N–H and O–H groups in total. The van der Waals surface area contributed by atoms with Gasteiger partial charge in [0.15, 0.2) is 5.60 Å². The molecule has 2 heterocycles. The second-order valence-corrected chi connectivity index (χ2v) is 8.86. The summed E-state index contributed by atoms with van der Waals surface area (Å²) in [4.78, 5) is 12.5. The van der Waals surface area contributed by atoms with Crippen LogP contribution < -0.4 is 0 Å². The maximum absolute atomic E-state index is 12.5. The number of furan rings is 1. The van der Waals surface area contributed by atoms with Gasteiger partial charge >= 0.3 is 5.97 Å². The van der Waals surface area contributed by atoms with Crippen molar-refractivity contribution in [2.24, 2.45) is 22.7 Å². The first kappa shape index (κ1) is 17.1. The molecule has 0 amide bonds. The first-order valence-electron chi connectivity index (χ1n) is 9.37. The number of aryl methyl sites for hydroxylation is 1. The van der Waals surface area contributed by atoms with E-state index in [1.165, 1.54) is 5.56 Å². The Morgan fingerprint density at radius 3 is 2.76 bits per heavy atom. The summed E-state index contributed by atoms with van der Waals surface area (Å²) in [5.74, 6) is -0.142. The Balaban J connectivity index is 1.72. The van der Waals surface area contributed by atoms with E-state index < -0.39 is 23.1 Å². The molecule has 5 nitrogen and oxygen atoms in total. The van der Waals surface area contributed by atoms with Crippen molar-refractivity contribution in [1.82, 2.24) is 0 Å². The minimum absolute atomic E-state index is 0.0371. The lowest BCUT2D eigenvalue weighted by atomic mass is 9.43. The number of rotatable bonds is 3. The van der Waals surface area contributed by atoms with Crippen LogP contribution >= 0.6 is 0 Å². The molecule has 1 aromatic heterocycles. The van der Waals surface area contributed by atoms with E-state index in [1.54, 1.807) is 12.5 Å². The molecule has 3 aliphatic rings. The average molecular weight is 348 g/mol. The molecule has 0 bridgehead atoms. The summed E-state index contributed by atoms with van der Waals surface area (Å²) in [5.41, 5.74) is -1.38. The predicted octanol–water partition coefficient (Wildman–Crippen LogP) is 2.69. The maximum Gasteiger partial charge on any atom is 0.341 e. The van der Waals surface area contributed by atoms with Gasteiger partial charge in [0, 0.05) is 0 Å². The fourth-order valence-electron chi connectivity index (χ4n) is 6.14. The lowest BCUT2D eigenvalue weighted by Crippen LogP contribution is -2.69. The van der Waals surface area contributed by atoms with Crippen molar-refractivity contribution in [3.05, 3.63) is 24.2 Å². The van der Waals surface area contributed by atoms with E-state index in [2.05, 4.69) is 13.8 Å². The number of hydrogen-bond donors (Lipinski definition) is 2. The molecule has 4 rings (SSSR count). The van der Waals surface area contributed by atoms with Crippen LogP contribution in [0.4, 0.5) is 0 Å². The van der Waals surface area contributed by atoms with E-state index in [0.717, 1.165) is 25.7 Å². The Bertz CT molecular complexity index is 670. The van der Waals surface area contributed by atoms with Gasteiger partial charge in [0.25, 0.3) is 0 Å². The topological polar surface area (TPSA) is 79.9 Å². The number of hydrogen-bond acceptors (Lipinski definition) is 5. The summed E-state index contributed by atoms with van der Waals surface area (Å²) in [6.45, 7) is 6.47. The molecule has 25 heavy (non-hydrogen) atoms. The Kier molecular flexibility index (Phi) is 3.65. The number of carbonyl (C=O) groups is 1. The van der Waals surface area contributed by atoms with Crippen molar-refractivity contribution in [2.45, 2.75) is 70.7 Å². The second-order valence-electron chi connectivity index (χ2n) is 8.86. The number of carbonyl (C=O) groups excluding carboxylic acids is 1. The third-order valence-corrected chi connectivity index (χ3v) is 8.01. The Morgan fingerprint density at radius 1 is 1.32 bits per heavy atom. The summed E-state index contributed by atoms with van der Waals surface area (Å²) in [6, 6.07) is 1.99. The predicted molar refractivity (Wildman–Crippen MR) is 90.6 cm³/mol. The van der Waals surface area contributed by atoms with Crippen molar-refractivity contribution in [3.8, 4) is 0 Å². The Labute approximate surface area is 148 Å². The molecule has 5 heteroatoms. The van der Waals surface area contributed by atoms with Crippen LogP contribution in [0.25, 0.3) is 0 Å². The number of aliphatic hydroxyl groups is 2. The van der Waals surface area contributed by atoms with Gasteiger partial charge in [-0.15, -0.1) is 0 Å². The number of ether oxygens (including phenoxy) is 1. The van der Waals surface area contributed by atoms with Crippen LogP contribution in [-0.2, 0) is 16.0 Å². The SMILES string of the molecule is C[C@H]1C[C@@H]2OC(=O)[C@@]3(O)[C@@H](O)CC[C@@H]([C@]1(C)CCc1ccoc1)[C@@]23C. The van der Waals surface area contributed by atoms with Crippen LogP contribution in [-0.4, -0.2) is 34.0 Å². The Hall–Kier alpha value is -1.33. The molecular formula is C20H28O5. The van der Waals surface area contributed by atoms with Gasteiger partial charge in [0.2, 0.25) is 0 Å². The zero-order chi connectivity index (χ0) is 18.0. The van der Waals surface area contributed by atoms with Gasteiger partial charge < -0.3 is 19.4 Å². The molecule has 0 radical (unpaired) electrons. The second kappa shape index (κ2) is 5.34. The monoisotopic (exact) mass is 348 g/mol. The van der Waals surface area contributed by atoms with E-state index in [0.29, 0.717) is 12.3 Å². The van der Waals surface area contributed by atoms with Gasteiger partial charge in [-0.05, 0) is 61.0 Å². The van der Waals surface area contributed by atoms with Crippen molar-refractivity contribution >= 4 is 5.97 Å². The normalized spacial score (nSPS) is 48.9. The van der Waals surface area contributed by atoms with Crippen LogP contribution in [0.1, 0.15) is 52.0 Å². The highest BCUT2D eigenvalue weighted by Crippen LogP contribution is 2.67. The first-order valence-corrected chi connectivity index (χ1v) is 9.37. The summed E-state index contributed by atoms with van der Waals surface area (Å²) in [6.07, 6.45) is 5.95. The van der Waals surface area contributed by atoms with Gasteiger partial charge in [-0.1, -0.05) is 20.8 Å². The highest BCUT2D eigenvalue weighted by molar-refractivity contribution is 5.84. The van der Waals surface area contributed by atoms with Crippen LogP contribution in [0.15, 0.2) is 23.0 Å². The third-order valence-electron chi connectivity index (χ3n) is 8.01. The molecule has 0 spiro atoms. The summed E-state index contributed by atoms with van der Waals surface area (Å²) >= 11 is 0. The van der Waals surface area contributed by atoms with Crippen molar-refractivity contribution in [3.63, 3.8) is 0 Å². The molecule has 1 aromatic rings. The molecule has 138 valence electrons. The summed E-state index contributed by atoms with van der Waals surface area (Å²) in [5, 5.41) is 21.7. The van der Waals surface area contributed by atoms with E-state index in [-0.39, 0.29) is 17.4 Å².